The van der Waals surface area contributed by atoms with Crippen LogP contribution in [0.3, 0.4) is 0 Å². The van der Waals surface area contributed by atoms with Gasteiger partial charge in [-0.2, -0.15) is 0 Å². The first-order valence-electron chi connectivity index (χ1n) is 12.4. The predicted molar refractivity (Wildman–Crippen MR) is 118 cm³/mol. The zero-order chi connectivity index (χ0) is 19.4. The number of unbranched alkanes of at least 4 members (excludes halogenated alkanes) is 14. The lowest BCUT2D eigenvalue weighted by Crippen LogP contribution is -2.14. The molecule has 1 heterocycles. The van der Waals surface area contributed by atoms with Crippen molar-refractivity contribution in [2.45, 2.75) is 129 Å². The lowest BCUT2D eigenvalue weighted by atomic mass is 9.97. The van der Waals surface area contributed by atoms with Crippen molar-refractivity contribution in [1.29, 1.82) is 0 Å². The SMILES string of the molecule is [CH2]CCCCCOC[C@@H]1C[C@@H](CCCCCCCCCCCCCC)CO1. The zero-order valence-corrected chi connectivity index (χ0v) is 18.5. The Morgan fingerprint density at radius 2 is 1.37 bits per heavy atom. The summed E-state index contributed by atoms with van der Waals surface area (Å²) in [7, 11) is 0. The molecule has 1 aliphatic rings. The van der Waals surface area contributed by atoms with Gasteiger partial charge in [0.25, 0.3) is 0 Å². The number of hydrogen-bond donors (Lipinski definition) is 0. The molecule has 1 saturated heterocycles. The van der Waals surface area contributed by atoms with Crippen molar-refractivity contribution in [3.8, 4) is 0 Å². The Hall–Kier alpha value is -0.0800. The summed E-state index contributed by atoms with van der Waals surface area (Å²) < 4.78 is 11.7. The summed E-state index contributed by atoms with van der Waals surface area (Å²) in [6, 6.07) is 0. The second-order valence-electron chi connectivity index (χ2n) is 8.72. The standard InChI is InChI=1S/C25H49O2/c1-3-5-7-9-10-11-12-13-14-15-16-17-19-24-21-25(27-22-24)23-26-20-18-8-6-4-2/h24-25H,2-23H2,1H3/t24-,25+/m1/s1. The topological polar surface area (TPSA) is 18.5 Å². The molecule has 0 bridgehead atoms. The van der Waals surface area contributed by atoms with Gasteiger partial charge in [-0.1, -0.05) is 110 Å². The van der Waals surface area contributed by atoms with Crippen LogP contribution in [0.25, 0.3) is 0 Å². The van der Waals surface area contributed by atoms with E-state index in [1.165, 1.54) is 109 Å². The van der Waals surface area contributed by atoms with Crippen molar-refractivity contribution in [2.75, 3.05) is 19.8 Å². The average molecular weight is 382 g/mol. The summed E-state index contributed by atoms with van der Waals surface area (Å²) >= 11 is 0. The lowest BCUT2D eigenvalue weighted by Gasteiger charge is -2.10. The van der Waals surface area contributed by atoms with Crippen molar-refractivity contribution in [3.05, 3.63) is 6.92 Å². The van der Waals surface area contributed by atoms with Gasteiger partial charge in [0.2, 0.25) is 0 Å². The van der Waals surface area contributed by atoms with E-state index < -0.39 is 0 Å². The van der Waals surface area contributed by atoms with Crippen LogP contribution >= 0.6 is 0 Å². The molecule has 1 fully saturated rings. The fourth-order valence-corrected chi connectivity index (χ4v) is 4.14. The maximum Gasteiger partial charge on any atom is 0.0812 e. The minimum atomic E-state index is 0.361. The largest absolute Gasteiger partial charge is 0.379 e. The maximum atomic E-state index is 5.92. The third-order valence-corrected chi connectivity index (χ3v) is 5.97. The minimum Gasteiger partial charge on any atom is -0.379 e. The molecule has 1 radical (unpaired) electrons. The van der Waals surface area contributed by atoms with E-state index in [1.54, 1.807) is 0 Å². The predicted octanol–water partition coefficient (Wildman–Crippen LogP) is 7.89. The highest BCUT2D eigenvalue weighted by atomic mass is 16.5. The maximum absolute atomic E-state index is 5.92. The Labute approximate surface area is 171 Å². The summed E-state index contributed by atoms with van der Waals surface area (Å²) in [6.07, 6.45) is 24.8. The van der Waals surface area contributed by atoms with E-state index in [9.17, 15) is 0 Å². The van der Waals surface area contributed by atoms with Crippen molar-refractivity contribution in [3.63, 3.8) is 0 Å². The summed E-state index contributed by atoms with van der Waals surface area (Å²) in [4.78, 5) is 0. The fourth-order valence-electron chi connectivity index (χ4n) is 4.14. The molecule has 0 unspecified atom stereocenters. The van der Waals surface area contributed by atoms with E-state index in [0.29, 0.717) is 6.10 Å². The first-order chi connectivity index (χ1) is 13.4. The van der Waals surface area contributed by atoms with Crippen molar-refractivity contribution in [1.82, 2.24) is 0 Å². The van der Waals surface area contributed by atoms with E-state index >= 15 is 0 Å². The molecule has 0 aromatic carbocycles. The number of rotatable bonds is 20. The van der Waals surface area contributed by atoms with Gasteiger partial charge < -0.3 is 9.47 Å². The van der Waals surface area contributed by atoms with Crippen LogP contribution in [0.4, 0.5) is 0 Å². The van der Waals surface area contributed by atoms with Gasteiger partial charge in [-0.05, 0) is 25.2 Å². The minimum absolute atomic E-state index is 0.361. The normalized spacial score (nSPS) is 19.8. The Balaban J connectivity index is 1.79. The number of hydrogen-bond acceptors (Lipinski definition) is 2. The van der Waals surface area contributed by atoms with Crippen LogP contribution in [0.5, 0.6) is 0 Å². The number of ether oxygens (including phenoxy) is 2. The molecule has 0 amide bonds. The summed E-state index contributed by atoms with van der Waals surface area (Å²) in [5.74, 6) is 0.785. The molecule has 2 heteroatoms. The molecular weight excluding hydrogens is 332 g/mol. The zero-order valence-electron chi connectivity index (χ0n) is 18.5. The van der Waals surface area contributed by atoms with Gasteiger partial charge in [0, 0.05) is 13.2 Å². The van der Waals surface area contributed by atoms with Crippen LogP contribution in [0, 0.1) is 12.8 Å². The smallest absolute Gasteiger partial charge is 0.0812 e. The Bertz CT molecular complexity index is 292. The molecule has 0 aliphatic carbocycles. The van der Waals surface area contributed by atoms with Gasteiger partial charge in [-0.25, -0.2) is 0 Å². The molecule has 0 aromatic heterocycles. The summed E-state index contributed by atoms with van der Waals surface area (Å²) in [6.45, 7) is 8.83. The average Bonchev–Trinajstić information content (AvgIpc) is 3.13. The molecule has 0 N–H and O–H groups in total. The summed E-state index contributed by atoms with van der Waals surface area (Å²) in [5.41, 5.74) is 0. The molecule has 27 heavy (non-hydrogen) atoms. The van der Waals surface area contributed by atoms with Crippen molar-refractivity contribution >= 4 is 0 Å². The fraction of sp³-hybridized carbons (Fsp3) is 0.960. The van der Waals surface area contributed by atoms with Gasteiger partial charge in [0.1, 0.15) is 0 Å². The third kappa shape index (κ3) is 15.5. The lowest BCUT2D eigenvalue weighted by molar-refractivity contribution is 0.0154. The van der Waals surface area contributed by atoms with E-state index in [2.05, 4.69) is 13.8 Å². The first-order valence-corrected chi connectivity index (χ1v) is 12.4. The van der Waals surface area contributed by atoms with E-state index in [0.717, 1.165) is 32.2 Å². The molecule has 0 saturated carbocycles. The van der Waals surface area contributed by atoms with E-state index in [4.69, 9.17) is 9.47 Å². The molecule has 1 rings (SSSR count). The van der Waals surface area contributed by atoms with Crippen molar-refractivity contribution < 1.29 is 9.47 Å². The Morgan fingerprint density at radius 3 is 2.00 bits per heavy atom. The van der Waals surface area contributed by atoms with E-state index in [-0.39, 0.29) is 0 Å². The van der Waals surface area contributed by atoms with Gasteiger partial charge in [0.15, 0.2) is 0 Å². The Kier molecular flexibility index (Phi) is 17.8. The molecule has 2 nitrogen and oxygen atoms in total. The van der Waals surface area contributed by atoms with Gasteiger partial charge >= 0.3 is 0 Å². The van der Waals surface area contributed by atoms with Crippen molar-refractivity contribution in [2.24, 2.45) is 5.92 Å². The quantitative estimate of drug-likeness (QED) is 0.200. The van der Waals surface area contributed by atoms with Crippen LogP contribution in [0.15, 0.2) is 0 Å². The second-order valence-corrected chi connectivity index (χ2v) is 8.72. The van der Waals surface area contributed by atoms with Crippen LogP contribution in [-0.4, -0.2) is 25.9 Å². The first kappa shape index (κ1) is 25.0. The van der Waals surface area contributed by atoms with Crippen LogP contribution < -0.4 is 0 Å². The van der Waals surface area contributed by atoms with Crippen LogP contribution in [0.1, 0.15) is 122 Å². The highest BCUT2D eigenvalue weighted by Crippen LogP contribution is 2.25. The second kappa shape index (κ2) is 19.2. The molecule has 2 atom stereocenters. The van der Waals surface area contributed by atoms with Crippen LogP contribution in [0.2, 0.25) is 0 Å². The Morgan fingerprint density at radius 1 is 0.778 bits per heavy atom. The monoisotopic (exact) mass is 381 g/mol. The molecular formula is C25H49O2. The molecule has 161 valence electrons. The molecule has 0 aromatic rings. The van der Waals surface area contributed by atoms with Crippen LogP contribution in [-0.2, 0) is 9.47 Å². The molecule has 1 aliphatic heterocycles. The third-order valence-electron chi connectivity index (χ3n) is 5.97. The highest BCUT2D eigenvalue weighted by Gasteiger charge is 2.24. The van der Waals surface area contributed by atoms with Gasteiger partial charge in [-0.3, -0.25) is 0 Å². The summed E-state index contributed by atoms with van der Waals surface area (Å²) in [5, 5.41) is 0. The molecule has 0 spiro atoms. The highest BCUT2D eigenvalue weighted by molar-refractivity contribution is 4.73. The van der Waals surface area contributed by atoms with E-state index in [1.807, 2.05) is 0 Å². The van der Waals surface area contributed by atoms with Gasteiger partial charge in [0.05, 0.1) is 12.7 Å². The van der Waals surface area contributed by atoms with Gasteiger partial charge in [-0.15, -0.1) is 0 Å².